The van der Waals surface area contributed by atoms with Crippen LogP contribution in [0.5, 0.6) is 5.75 Å². The zero-order valence-electron chi connectivity index (χ0n) is 17.1. The molecular formula is C24H32NO+. The van der Waals surface area contributed by atoms with E-state index in [1.165, 1.54) is 16.7 Å². The molecule has 0 atom stereocenters. The molecule has 0 saturated carbocycles. The van der Waals surface area contributed by atoms with Gasteiger partial charge in [-0.25, -0.2) is 0 Å². The van der Waals surface area contributed by atoms with Crippen LogP contribution in [0.3, 0.4) is 0 Å². The first kappa shape index (κ1) is 18.7. The summed E-state index contributed by atoms with van der Waals surface area (Å²) in [4.78, 5) is 0. The molecule has 0 aromatic heterocycles. The van der Waals surface area contributed by atoms with Gasteiger partial charge in [0.05, 0.1) is 5.56 Å². The van der Waals surface area contributed by atoms with Crippen molar-refractivity contribution >= 4 is 11.9 Å². The summed E-state index contributed by atoms with van der Waals surface area (Å²) in [5.74, 6) is 1.06. The topological polar surface area (TPSA) is 12.2 Å². The van der Waals surface area contributed by atoms with Crippen molar-refractivity contribution in [1.29, 1.82) is 0 Å². The zero-order chi connectivity index (χ0) is 18.9. The quantitative estimate of drug-likeness (QED) is 0.587. The maximum atomic E-state index is 6.31. The van der Waals surface area contributed by atoms with Crippen LogP contribution in [0.2, 0.25) is 0 Å². The Morgan fingerprint density at radius 3 is 2.19 bits per heavy atom. The molecule has 0 N–H and O–H groups in total. The third-order valence-corrected chi connectivity index (χ3v) is 6.13. The Bertz CT molecular complexity index is 816. The van der Waals surface area contributed by atoms with Gasteiger partial charge in [-0.2, -0.15) is 4.58 Å². The monoisotopic (exact) mass is 350 g/mol. The van der Waals surface area contributed by atoms with Crippen LogP contribution < -0.4 is 4.74 Å². The van der Waals surface area contributed by atoms with E-state index < -0.39 is 0 Å². The number of ether oxygens (including phenoxy) is 1. The van der Waals surface area contributed by atoms with E-state index in [2.05, 4.69) is 88.7 Å². The summed E-state index contributed by atoms with van der Waals surface area (Å²) >= 11 is 0. The predicted octanol–water partition coefficient (Wildman–Crippen LogP) is 6.17. The molecule has 0 unspecified atom stereocenters. The van der Waals surface area contributed by atoms with Crippen LogP contribution in [0.1, 0.15) is 71.1 Å². The number of para-hydroxylation sites is 1. The smallest absolute Gasteiger partial charge is 0.292 e. The summed E-state index contributed by atoms with van der Waals surface area (Å²) < 4.78 is 8.49. The number of rotatable bonds is 5. The molecule has 1 heterocycles. The summed E-state index contributed by atoms with van der Waals surface area (Å²) in [6, 6.07) is 15.2. The molecular weight excluding hydrogens is 318 g/mol. The lowest BCUT2D eigenvalue weighted by Crippen LogP contribution is -2.27. The number of hydrogen-bond donors (Lipinski definition) is 0. The van der Waals surface area contributed by atoms with Gasteiger partial charge in [0.2, 0.25) is 5.69 Å². The molecule has 1 aliphatic heterocycles. The average molecular weight is 351 g/mol. The van der Waals surface area contributed by atoms with Crippen molar-refractivity contribution in [2.45, 2.75) is 65.2 Å². The lowest BCUT2D eigenvalue weighted by molar-refractivity contribution is -0.476. The van der Waals surface area contributed by atoms with Crippen molar-refractivity contribution in [2.75, 3.05) is 6.73 Å². The molecule has 0 bridgehead atoms. The molecule has 0 spiro atoms. The molecule has 2 heteroatoms. The van der Waals surface area contributed by atoms with Gasteiger partial charge < -0.3 is 4.74 Å². The van der Waals surface area contributed by atoms with Crippen LogP contribution in [-0.4, -0.2) is 17.5 Å². The van der Waals surface area contributed by atoms with Crippen LogP contribution >= 0.6 is 0 Å². The largest absolute Gasteiger partial charge is 0.435 e. The number of hydrogen-bond acceptors (Lipinski definition) is 1. The van der Waals surface area contributed by atoms with E-state index in [0.29, 0.717) is 6.73 Å². The fourth-order valence-electron chi connectivity index (χ4n) is 3.30. The van der Waals surface area contributed by atoms with Gasteiger partial charge in [-0.1, -0.05) is 65.8 Å². The van der Waals surface area contributed by atoms with Gasteiger partial charge in [0, 0.05) is 17.7 Å². The summed E-state index contributed by atoms with van der Waals surface area (Å²) in [5, 5.41) is 0. The van der Waals surface area contributed by atoms with E-state index in [4.69, 9.17) is 4.74 Å². The van der Waals surface area contributed by atoms with E-state index in [-0.39, 0.29) is 10.8 Å². The second kappa shape index (κ2) is 6.90. The maximum Gasteiger partial charge on any atom is 0.292 e. The molecule has 3 rings (SSSR count). The molecule has 0 aliphatic carbocycles. The Labute approximate surface area is 158 Å². The first-order valence-corrected chi connectivity index (χ1v) is 9.77. The maximum absolute atomic E-state index is 6.31. The Morgan fingerprint density at radius 1 is 0.923 bits per heavy atom. The van der Waals surface area contributed by atoms with E-state index >= 15 is 0 Å². The molecule has 0 saturated heterocycles. The van der Waals surface area contributed by atoms with Crippen molar-refractivity contribution in [2.24, 2.45) is 0 Å². The van der Waals surface area contributed by atoms with E-state index in [0.717, 1.165) is 24.3 Å². The third kappa shape index (κ3) is 3.42. The summed E-state index contributed by atoms with van der Waals surface area (Å²) in [7, 11) is 0. The van der Waals surface area contributed by atoms with Gasteiger partial charge in [-0.05, 0) is 35.3 Å². The first-order valence-electron chi connectivity index (χ1n) is 9.77. The van der Waals surface area contributed by atoms with E-state index in [9.17, 15) is 0 Å². The van der Waals surface area contributed by atoms with Gasteiger partial charge in [-0.15, -0.1) is 0 Å². The highest BCUT2D eigenvalue weighted by Gasteiger charge is 2.31. The van der Waals surface area contributed by atoms with Crippen molar-refractivity contribution in [3.63, 3.8) is 0 Å². The minimum Gasteiger partial charge on any atom is -0.435 e. The standard InChI is InChI=1S/C24H32NO/c1-7-23(3,4)19-14-18-16-25(20-12-10-9-11-13-20)17-26-22(18)21(15-19)24(5,6)8-2/h9-16H,7-8,17H2,1-6H3/q+1. The second-order valence-corrected chi connectivity index (χ2v) is 8.62. The van der Waals surface area contributed by atoms with Gasteiger partial charge in [0.25, 0.3) is 6.73 Å². The number of nitrogens with zero attached hydrogens (tertiary/aromatic N) is 1. The molecule has 26 heavy (non-hydrogen) atoms. The fraction of sp³-hybridized carbons (Fsp3) is 0.458. The molecule has 0 radical (unpaired) electrons. The van der Waals surface area contributed by atoms with Crippen LogP contribution in [0.25, 0.3) is 0 Å². The van der Waals surface area contributed by atoms with Crippen molar-refractivity contribution in [1.82, 2.24) is 0 Å². The third-order valence-electron chi connectivity index (χ3n) is 6.13. The molecule has 0 amide bonds. The van der Waals surface area contributed by atoms with Gasteiger partial charge >= 0.3 is 0 Å². The van der Waals surface area contributed by atoms with Crippen molar-refractivity contribution in [3.05, 3.63) is 59.2 Å². The van der Waals surface area contributed by atoms with Crippen LogP contribution in [0.15, 0.2) is 42.5 Å². The Kier molecular flexibility index (Phi) is 4.96. The van der Waals surface area contributed by atoms with Crippen molar-refractivity contribution < 1.29 is 9.31 Å². The predicted molar refractivity (Wildman–Crippen MR) is 110 cm³/mol. The average Bonchev–Trinajstić information content (AvgIpc) is 2.67. The Morgan fingerprint density at radius 2 is 1.58 bits per heavy atom. The van der Waals surface area contributed by atoms with Crippen LogP contribution in [-0.2, 0) is 10.8 Å². The normalized spacial score (nSPS) is 14.5. The fourth-order valence-corrected chi connectivity index (χ4v) is 3.30. The Balaban J connectivity index is 2.19. The van der Waals surface area contributed by atoms with Crippen LogP contribution in [0.4, 0.5) is 5.69 Å². The van der Waals surface area contributed by atoms with Crippen LogP contribution in [0, 0.1) is 0 Å². The number of fused-ring (bicyclic) bond motifs is 1. The first-order chi connectivity index (χ1) is 12.3. The highest BCUT2D eigenvalue weighted by Crippen LogP contribution is 2.41. The highest BCUT2D eigenvalue weighted by atomic mass is 16.5. The molecule has 2 nitrogen and oxygen atoms in total. The van der Waals surface area contributed by atoms with Gasteiger partial charge in [0.1, 0.15) is 5.75 Å². The lowest BCUT2D eigenvalue weighted by atomic mass is 9.75. The number of benzene rings is 2. The SMILES string of the molecule is CCC(C)(C)c1cc2c(c(C(C)(C)CC)c1)OC[N+](c1ccccc1)=C2. The molecule has 2 aromatic rings. The molecule has 2 aromatic carbocycles. The lowest BCUT2D eigenvalue weighted by Gasteiger charge is -2.32. The summed E-state index contributed by atoms with van der Waals surface area (Å²) in [6.45, 7) is 14.4. The van der Waals surface area contributed by atoms with E-state index in [1.54, 1.807) is 0 Å². The van der Waals surface area contributed by atoms with E-state index in [1.807, 2.05) is 6.07 Å². The van der Waals surface area contributed by atoms with Crippen molar-refractivity contribution in [3.8, 4) is 5.75 Å². The molecule has 0 fully saturated rings. The highest BCUT2D eigenvalue weighted by molar-refractivity contribution is 5.83. The van der Waals surface area contributed by atoms with Gasteiger partial charge in [-0.3, -0.25) is 0 Å². The minimum atomic E-state index is 0.0900. The second-order valence-electron chi connectivity index (χ2n) is 8.62. The zero-order valence-corrected chi connectivity index (χ0v) is 17.1. The van der Waals surface area contributed by atoms with Gasteiger partial charge in [0.15, 0.2) is 6.21 Å². The Hall–Kier alpha value is -2.09. The molecule has 138 valence electrons. The summed E-state index contributed by atoms with van der Waals surface area (Å²) in [5.41, 5.74) is 5.32. The summed E-state index contributed by atoms with van der Waals surface area (Å²) in [6.07, 6.45) is 4.45. The minimum absolute atomic E-state index is 0.0900. The molecule has 1 aliphatic rings.